The fraction of sp³-hybridized carbons (Fsp3) is 0.929. The van der Waals surface area contributed by atoms with Crippen LogP contribution in [0.4, 0.5) is 0 Å². The molecule has 0 saturated carbocycles. The van der Waals surface area contributed by atoms with E-state index in [-0.39, 0.29) is 38.2 Å². The van der Waals surface area contributed by atoms with E-state index in [4.69, 9.17) is 5.11 Å². The normalized spacial score (nSPS) is 22.5. The van der Waals surface area contributed by atoms with Crippen molar-refractivity contribution in [3.63, 3.8) is 0 Å². The van der Waals surface area contributed by atoms with E-state index < -0.39 is 36.9 Å². The van der Waals surface area contributed by atoms with E-state index in [2.05, 4.69) is 16.0 Å². The topological polar surface area (TPSA) is 158 Å². The zero-order chi connectivity index (χ0) is 17.9. The third-order valence-electron chi connectivity index (χ3n) is 3.89. The molecule has 1 heterocycles. The Kier molecular flexibility index (Phi) is 14.7. The zero-order valence-electron chi connectivity index (χ0n) is 14.1. The van der Waals surface area contributed by atoms with Crippen LogP contribution in [0.2, 0.25) is 0 Å². The number of nitrogens with one attached hydrogen (secondary N) is 3. The van der Waals surface area contributed by atoms with Crippen LogP contribution in [0.1, 0.15) is 0 Å². The first-order chi connectivity index (χ1) is 11.5. The molecule has 1 amide bonds. The first-order valence-electron chi connectivity index (χ1n) is 8.23. The van der Waals surface area contributed by atoms with Gasteiger partial charge in [0, 0.05) is 90.5 Å². The Hall–Kier alpha value is 0.423. The van der Waals surface area contributed by atoms with E-state index >= 15 is 0 Å². The van der Waals surface area contributed by atoms with Crippen molar-refractivity contribution >= 4 is 5.91 Å². The van der Waals surface area contributed by atoms with Crippen LogP contribution in [0.15, 0.2) is 0 Å². The smallest absolute Gasteiger partial charge is 0.254 e. The summed E-state index contributed by atoms with van der Waals surface area (Å²) in [5, 5.41) is 57.1. The number of carbonyl (C=O) groups is 1. The molecule has 4 atom stereocenters. The maximum absolute atomic E-state index is 12.4. The molecular formula is C14H30DyN4O6. The summed E-state index contributed by atoms with van der Waals surface area (Å²) in [5.41, 5.74) is 0. The van der Waals surface area contributed by atoms with E-state index in [1.54, 1.807) is 0 Å². The van der Waals surface area contributed by atoms with Gasteiger partial charge < -0.3 is 46.4 Å². The monoisotopic (exact) mass is 514 g/mol. The van der Waals surface area contributed by atoms with Gasteiger partial charge in [0.2, 0.25) is 0 Å². The summed E-state index contributed by atoms with van der Waals surface area (Å²) in [7, 11) is 0. The molecule has 1 saturated heterocycles. The van der Waals surface area contributed by atoms with Crippen LogP contribution in [0.3, 0.4) is 0 Å². The minimum Gasteiger partial charge on any atom is -0.394 e. The van der Waals surface area contributed by atoms with Gasteiger partial charge in [0.15, 0.2) is 6.10 Å². The van der Waals surface area contributed by atoms with Crippen molar-refractivity contribution in [1.29, 1.82) is 0 Å². The van der Waals surface area contributed by atoms with Gasteiger partial charge in [-0.05, 0) is 0 Å². The summed E-state index contributed by atoms with van der Waals surface area (Å²) in [6.07, 6.45) is -7.21. The number of carbonyl (C=O) groups excluding carboxylic acids is 1. The average molecular weight is 513 g/mol. The maximum Gasteiger partial charge on any atom is 0.254 e. The third-order valence-corrected chi connectivity index (χ3v) is 3.89. The van der Waals surface area contributed by atoms with E-state index in [0.717, 1.165) is 26.2 Å². The predicted molar refractivity (Wildman–Crippen MR) is 86.3 cm³/mol. The fourth-order valence-corrected chi connectivity index (χ4v) is 2.34. The molecule has 0 aliphatic carbocycles. The average Bonchev–Trinajstić information content (AvgIpc) is 2.59. The van der Waals surface area contributed by atoms with E-state index in [1.165, 1.54) is 4.90 Å². The Balaban J connectivity index is 0.00000576. The number of hydrogen-bond acceptors (Lipinski definition) is 9. The van der Waals surface area contributed by atoms with Crippen LogP contribution in [0.25, 0.3) is 0 Å². The molecule has 8 N–H and O–H groups in total. The standard InChI is InChI=1S/C14H30N4O6.Dy/c19-9-10(20)11(21)12(22)13(23)14(24)18-7-5-16-3-1-15-2-4-17-6-8-18;/h10-13,15-17,19-23H,1-9H2;/t10-,11-,12+,13-;/m1./s1. The Morgan fingerprint density at radius 1 is 0.840 bits per heavy atom. The molecule has 0 aromatic rings. The molecule has 11 heteroatoms. The molecule has 0 aromatic carbocycles. The first-order valence-corrected chi connectivity index (χ1v) is 8.23. The second kappa shape index (κ2) is 14.5. The molecular weight excluding hydrogens is 483 g/mol. The molecule has 1 aliphatic heterocycles. The van der Waals surface area contributed by atoms with Gasteiger partial charge in [-0.1, -0.05) is 0 Å². The number of aliphatic hydroxyl groups is 5. The van der Waals surface area contributed by atoms with Crippen molar-refractivity contribution in [2.45, 2.75) is 24.4 Å². The van der Waals surface area contributed by atoms with Gasteiger partial charge in [0.25, 0.3) is 5.91 Å². The summed E-state index contributed by atoms with van der Waals surface area (Å²) in [6, 6.07) is 0. The molecule has 0 aromatic heterocycles. The van der Waals surface area contributed by atoms with E-state index in [0.29, 0.717) is 26.2 Å². The van der Waals surface area contributed by atoms with Crippen LogP contribution in [-0.2, 0) is 4.79 Å². The van der Waals surface area contributed by atoms with Crippen molar-refractivity contribution < 1.29 is 68.5 Å². The molecule has 10 nitrogen and oxygen atoms in total. The minimum absolute atomic E-state index is 0. The number of rotatable bonds is 5. The van der Waals surface area contributed by atoms with Crippen LogP contribution in [0.5, 0.6) is 0 Å². The second-order valence-corrected chi connectivity index (χ2v) is 5.75. The van der Waals surface area contributed by atoms with Gasteiger partial charge >= 0.3 is 0 Å². The van der Waals surface area contributed by atoms with Gasteiger partial charge in [-0.2, -0.15) is 0 Å². The third kappa shape index (κ3) is 9.26. The molecule has 25 heavy (non-hydrogen) atoms. The summed E-state index contributed by atoms with van der Waals surface area (Å²) in [6.45, 7) is 4.04. The van der Waals surface area contributed by atoms with Crippen LogP contribution in [0, 0.1) is 38.2 Å². The number of hydrogen-bond donors (Lipinski definition) is 8. The largest absolute Gasteiger partial charge is 0.394 e. The Morgan fingerprint density at radius 2 is 1.28 bits per heavy atom. The van der Waals surface area contributed by atoms with Gasteiger partial charge in [0.1, 0.15) is 18.3 Å². The Bertz CT molecular complexity index is 356. The number of amides is 1. The summed E-state index contributed by atoms with van der Waals surface area (Å²) < 4.78 is 0. The molecule has 0 unspecified atom stereocenters. The van der Waals surface area contributed by atoms with Crippen LogP contribution >= 0.6 is 0 Å². The maximum atomic E-state index is 12.4. The SMILES string of the molecule is O=C([C@H](O)[C@@H](O)[C@H](O)[C@H](O)CO)N1CCNCCNCCNCC1.[Dy]. The summed E-state index contributed by atoms with van der Waals surface area (Å²) in [5.74, 6) is -0.731. The van der Waals surface area contributed by atoms with Gasteiger partial charge in [0.05, 0.1) is 6.61 Å². The molecule has 1 rings (SSSR count). The van der Waals surface area contributed by atoms with Gasteiger partial charge in [-0.3, -0.25) is 4.79 Å². The van der Waals surface area contributed by atoms with Crippen LogP contribution < -0.4 is 16.0 Å². The molecule has 152 valence electrons. The predicted octanol–water partition coefficient (Wildman–Crippen LogP) is -4.97. The fourth-order valence-electron chi connectivity index (χ4n) is 2.34. The summed E-state index contributed by atoms with van der Waals surface area (Å²) >= 11 is 0. The molecule has 1 fully saturated rings. The van der Waals surface area contributed by atoms with Crippen molar-refractivity contribution in [2.24, 2.45) is 0 Å². The Labute approximate surface area is 178 Å². The molecule has 0 radical (unpaired) electrons. The zero-order valence-corrected chi connectivity index (χ0v) is 16.1. The number of nitrogens with zero attached hydrogens (tertiary/aromatic N) is 1. The molecule has 0 spiro atoms. The first kappa shape index (κ1) is 25.4. The van der Waals surface area contributed by atoms with Crippen molar-refractivity contribution in [3.8, 4) is 0 Å². The minimum atomic E-state index is -1.88. The van der Waals surface area contributed by atoms with Gasteiger partial charge in [-0.15, -0.1) is 0 Å². The number of aliphatic hydroxyl groups excluding tert-OH is 5. The van der Waals surface area contributed by atoms with Crippen molar-refractivity contribution in [2.75, 3.05) is 59.0 Å². The quantitative estimate of drug-likeness (QED) is 0.181. The second-order valence-electron chi connectivity index (χ2n) is 5.75. The van der Waals surface area contributed by atoms with E-state index in [9.17, 15) is 25.2 Å². The Morgan fingerprint density at radius 3 is 1.72 bits per heavy atom. The van der Waals surface area contributed by atoms with Gasteiger partial charge in [-0.25, -0.2) is 0 Å². The van der Waals surface area contributed by atoms with Crippen LogP contribution in [-0.4, -0.2) is 120 Å². The van der Waals surface area contributed by atoms with Crippen molar-refractivity contribution in [3.05, 3.63) is 0 Å². The summed E-state index contributed by atoms with van der Waals surface area (Å²) in [4.78, 5) is 13.8. The van der Waals surface area contributed by atoms with E-state index in [1.807, 2.05) is 0 Å². The molecule has 1 aliphatic rings. The molecule has 0 bridgehead atoms. The van der Waals surface area contributed by atoms with Crippen molar-refractivity contribution in [1.82, 2.24) is 20.9 Å².